The van der Waals surface area contributed by atoms with Gasteiger partial charge in [0.05, 0.1) is 15.9 Å². The van der Waals surface area contributed by atoms with Crippen LogP contribution in [-0.4, -0.2) is 29.4 Å². The molecule has 0 saturated carbocycles. The Balaban J connectivity index is 1.72. The SMILES string of the molecule is CCc1[nH]n2c(=O)c(-c3nc4c(n3Cc3ccccc3)C=CCC4)nnc2c1Br. The van der Waals surface area contributed by atoms with Crippen LogP contribution in [0, 0.1) is 0 Å². The summed E-state index contributed by atoms with van der Waals surface area (Å²) < 4.78 is 4.28. The lowest BCUT2D eigenvalue weighted by molar-refractivity contribution is 0.774. The summed E-state index contributed by atoms with van der Waals surface area (Å²) in [5.74, 6) is 0.557. The van der Waals surface area contributed by atoms with Crippen molar-refractivity contribution in [3.05, 3.63) is 73.9 Å². The molecule has 1 aromatic carbocycles. The van der Waals surface area contributed by atoms with Gasteiger partial charge in [-0.25, -0.2) is 4.98 Å². The minimum Gasteiger partial charge on any atom is -0.318 e. The summed E-state index contributed by atoms with van der Waals surface area (Å²) >= 11 is 3.51. The van der Waals surface area contributed by atoms with Crippen molar-refractivity contribution < 1.29 is 0 Å². The lowest BCUT2D eigenvalue weighted by Crippen LogP contribution is -2.21. The molecule has 0 bridgehead atoms. The Morgan fingerprint density at radius 2 is 2.03 bits per heavy atom. The maximum absolute atomic E-state index is 13.3. The van der Waals surface area contributed by atoms with Gasteiger partial charge in [-0.15, -0.1) is 10.2 Å². The van der Waals surface area contributed by atoms with Crippen LogP contribution >= 0.6 is 15.9 Å². The fraction of sp³-hybridized carbons (Fsp3) is 0.238. The summed E-state index contributed by atoms with van der Waals surface area (Å²) in [4.78, 5) is 18.1. The summed E-state index contributed by atoms with van der Waals surface area (Å²) in [5, 5.41) is 11.7. The average Bonchev–Trinajstić information content (AvgIpc) is 3.28. The monoisotopic (exact) mass is 450 g/mol. The number of allylic oxidation sites excluding steroid dienone is 1. The maximum Gasteiger partial charge on any atom is 0.302 e. The van der Waals surface area contributed by atoms with Gasteiger partial charge >= 0.3 is 5.56 Å². The van der Waals surface area contributed by atoms with Gasteiger partial charge in [0, 0.05) is 12.2 Å². The Kier molecular flexibility index (Phi) is 4.43. The lowest BCUT2D eigenvalue weighted by Gasteiger charge is -2.11. The molecular weight excluding hydrogens is 432 g/mol. The Bertz CT molecular complexity index is 1300. The Morgan fingerprint density at radius 3 is 2.83 bits per heavy atom. The van der Waals surface area contributed by atoms with Gasteiger partial charge in [-0.1, -0.05) is 43.3 Å². The molecule has 0 unspecified atom stereocenters. The smallest absolute Gasteiger partial charge is 0.302 e. The zero-order chi connectivity index (χ0) is 20.0. The number of hydrogen-bond donors (Lipinski definition) is 1. The van der Waals surface area contributed by atoms with Crippen molar-refractivity contribution in [1.29, 1.82) is 0 Å². The fourth-order valence-electron chi connectivity index (χ4n) is 3.73. The van der Waals surface area contributed by atoms with Gasteiger partial charge in [-0.05, 0) is 46.8 Å². The van der Waals surface area contributed by atoms with E-state index in [1.807, 2.05) is 25.1 Å². The predicted octanol–water partition coefficient (Wildman–Crippen LogP) is 3.61. The normalized spacial score (nSPS) is 13.2. The molecule has 3 heterocycles. The molecule has 3 aromatic heterocycles. The van der Waals surface area contributed by atoms with Crippen molar-refractivity contribution in [1.82, 2.24) is 29.4 Å². The molecule has 1 aliphatic carbocycles. The van der Waals surface area contributed by atoms with Crippen molar-refractivity contribution in [3.63, 3.8) is 0 Å². The fourth-order valence-corrected chi connectivity index (χ4v) is 4.36. The molecule has 0 aliphatic heterocycles. The van der Waals surface area contributed by atoms with Crippen LogP contribution in [0.25, 0.3) is 23.2 Å². The Labute approximate surface area is 175 Å². The van der Waals surface area contributed by atoms with E-state index in [1.54, 1.807) is 0 Å². The quantitative estimate of drug-likeness (QED) is 0.514. The number of imidazole rings is 1. The van der Waals surface area contributed by atoms with Gasteiger partial charge in [-0.3, -0.25) is 9.89 Å². The van der Waals surface area contributed by atoms with Crippen molar-refractivity contribution in [2.24, 2.45) is 0 Å². The zero-order valence-corrected chi connectivity index (χ0v) is 17.5. The van der Waals surface area contributed by atoms with E-state index in [2.05, 4.69) is 60.1 Å². The third kappa shape index (κ3) is 2.95. The van der Waals surface area contributed by atoms with Crippen LogP contribution in [0.4, 0.5) is 0 Å². The molecule has 1 aliphatic rings. The summed E-state index contributed by atoms with van der Waals surface area (Å²) in [6.07, 6.45) is 6.78. The van der Waals surface area contributed by atoms with Crippen molar-refractivity contribution in [3.8, 4) is 11.5 Å². The number of aryl methyl sites for hydroxylation is 2. The minimum atomic E-state index is -0.254. The second-order valence-electron chi connectivity index (χ2n) is 7.05. The third-order valence-corrected chi connectivity index (χ3v) is 6.06. The summed E-state index contributed by atoms with van der Waals surface area (Å²) in [6, 6.07) is 10.2. The van der Waals surface area contributed by atoms with Crippen molar-refractivity contribution in [2.45, 2.75) is 32.7 Å². The van der Waals surface area contributed by atoms with Gasteiger partial charge in [0.1, 0.15) is 0 Å². The number of benzene rings is 1. The maximum atomic E-state index is 13.3. The number of rotatable bonds is 4. The van der Waals surface area contributed by atoms with Crippen LogP contribution < -0.4 is 5.56 Å². The summed E-state index contributed by atoms with van der Waals surface area (Å²) in [5.41, 5.74) is 4.55. The van der Waals surface area contributed by atoms with Crippen LogP contribution in [0.3, 0.4) is 0 Å². The highest BCUT2D eigenvalue weighted by Gasteiger charge is 2.24. The van der Waals surface area contributed by atoms with E-state index in [0.29, 0.717) is 18.0 Å². The molecule has 0 radical (unpaired) electrons. The first-order valence-corrected chi connectivity index (χ1v) is 10.4. The molecule has 8 heteroatoms. The first-order valence-electron chi connectivity index (χ1n) is 9.63. The molecule has 5 rings (SSSR count). The van der Waals surface area contributed by atoms with E-state index in [0.717, 1.165) is 46.4 Å². The number of aromatic amines is 1. The van der Waals surface area contributed by atoms with E-state index in [4.69, 9.17) is 4.98 Å². The van der Waals surface area contributed by atoms with E-state index >= 15 is 0 Å². The van der Waals surface area contributed by atoms with Crippen LogP contribution in [0.2, 0.25) is 0 Å². The number of aromatic nitrogens is 6. The second kappa shape index (κ2) is 7.11. The molecule has 0 saturated heterocycles. The molecule has 0 atom stereocenters. The number of halogens is 1. The highest BCUT2D eigenvalue weighted by atomic mass is 79.9. The van der Waals surface area contributed by atoms with Crippen LogP contribution in [0.15, 0.2) is 45.7 Å². The highest BCUT2D eigenvalue weighted by molar-refractivity contribution is 9.10. The van der Waals surface area contributed by atoms with Crippen LogP contribution in [-0.2, 0) is 19.4 Å². The van der Waals surface area contributed by atoms with Gasteiger partial charge in [0.2, 0.25) is 0 Å². The molecule has 7 nitrogen and oxygen atoms in total. The summed E-state index contributed by atoms with van der Waals surface area (Å²) in [7, 11) is 0. The topological polar surface area (TPSA) is 80.9 Å². The first kappa shape index (κ1) is 18.1. The van der Waals surface area contributed by atoms with Gasteiger partial charge in [0.25, 0.3) is 0 Å². The molecule has 29 heavy (non-hydrogen) atoms. The van der Waals surface area contributed by atoms with Crippen LogP contribution in [0.1, 0.15) is 36.0 Å². The Hall–Kier alpha value is -3.00. The second-order valence-corrected chi connectivity index (χ2v) is 7.84. The first-order chi connectivity index (χ1) is 14.2. The van der Waals surface area contributed by atoms with E-state index in [1.165, 1.54) is 4.52 Å². The standard InChI is InChI=1S/C21H19BrN6O/c1-2-14-17(22)19-25-24-18(21(29)28(19)26-14)20-23-15-10-6-7-11-16(15)27(20)12-13-8-4-3-5-9-13/h3-5,7-9,11,26H,2,6,10,12H2,1H3. The molecule has 0 fully saturated rings. The Morgan fingerprint density at radius 1 is 1.21 bits per heavy atom. The number of nitrogens with zero attached hydrogens (tertiary/aromatic N) is 5. The third-order valence-electron chi connectivity index (χ3n) is 5.23. The number of nitrogens with one attached hydrogen (secondary N) is 1. The molecular formula is C21H19BrN6O. The molecule has 1 N–H and O–H groups in total. The average molecular weight is 451 g/mol. The van der Waals surface area contributed by atoms with E-state index in [9.17, 15) is 4.79 Å². The summed E-state index contributed by atoms with van der Waals surface area (Å²) in [6.45, 7) is 2.63. The largest absolute Gasteiger partial charge is 0.318 e. The van der Waals surface area contributed by atoms with Gasteiger partial charge in [-0.2, -0.15) is 4.52 Å². The molecule has 4 aromatic rings. The highest BCUT2D eigenvalue weighted by Crippen LogP contribution is 2.26. The number of H-pyrrole nitrogens is 1. The molecule has 146 valence electrons. The lowest BCUT2D eigenvalue weighted by atomic mass is 10.1. The van der Waals surface area contributed by atoms with Crippen molar-refractivity contribution in [2.75, 3.05) is 0 Å². The molecule has 0 spiro atoms. The van der Waals surface area contributed by atoms with E-state index < -0.39 is 0 Å². The number of hydrogen-bond acceptors (Lipinski definition) is 4. The van der Waals surface area contributed by atoms with Crippen molar-refractivity contribution >= 4 is 27.7 Å². The zero-order valence-electron chi connectivity index (χ0n) is 15.9. The van der Waals surface area contributed by atoms with Gasteiger partial charge in [0.15, 0.2) is 17.2 Å². The minimum absolute atomic E-state index is 0.248. The predicted molar refractivity (Wildman–Crippen MR) is 115 cm³/mol. The van der Waals surface area contributed by atoms with Crippen LogP contribution in [0.5, 0.6) is 0 Å². The van der Waals surface area contributed by atoms with Gasteiger partial charge < -0.3 is 4.57 Å². The van der Waals surface area contributed by atoms with E-state index in [-0.39, 0.29) is 11.3 Å². The number of fused-ring (bicyclic) bond motifs is 2. The molecule has 0 amide bonds.